The van der Waals surface area contributed by atoms with Crippen LogP contribution in [-0.4, -0.2) is 98.8 Å². The number of nitrogens with zero attached hydrogens (tertiary/aromatic N) is 12. The summed E-state index contributed by atoms with van der Waals surface area (Å²) in [5, 5.41) is 16.8. The average Bonchev–Trinajstić information content (AvgIpc) is 3.43. The minimum atomic E-state index is -1.29. The van der Waals surface area contributed by atoms with E-state index in [-0.39, 0.29) is 65.6 Å². The van der Waals surface area contributed by atoms with Gasteiger partial charge in [-0.25, -0.2) is 0 Å². The molecule has 2 aliphatic heterocycles. The summed E-state index contributed by atoms with van der Waals surface area (Å²) in [4.78, 5) is 12.9. The molecule has 0 unspecified atom stereocenters. The molecule has 0 amide bonds. The lowest BCUT2D eigenvalue weighted by atomic mass is 9.86. The Balaban J connectivity index is 1.03. The first kappa shape index (κ1) is 58.8. The highest BCUT2D eigenvalue weighted by Crippen LogP contribution is 2.39. The molecule has 424 valence electrons. The Labute approximate surface area is 474 Å². The minimum absolute atomic E-state index is 0.0114. The van der Waals surface area contributed by atoms with Crippen LogP contribution >= 0.6 is 0 Å². The summed E-state index contributed by atoms with van der Waals surface area (Å²) in [5.74, 6) is 0. The van der Waals surface area contributed by atoms with Crippen LogP contribution in [0.3, 0.4) is 0 Å². The van der Waals surface area contributed by atoms with Crippen molar-refractivity contribution >= 4 is 0 Å². The van der Waals surface area contributed by atoms with E-state index in [4.69, 9.17) is 47.4 Å². The highest BCUT2D eigenvalue weighted by atomic mass is 16.7. The number of ether oxygens (including phenoxy) is 10. The average molecular weight is 1110 g/mol. The van der Waals surface area contributed by atoms with Crippen molar-refractivity contribution in [3.05, 3.63) is 257 Å². The number of hydrogen-bond donors (Lipinski definition) is 0. The molecule has 6 aromatic carbocycles. The summed E-state index contributed by atoms with van der Waals surface area (Å²) in [7, 11) is 0. The van der Waals surface area contributed by atoms with Gasteiger partial charge in [-0.15, -0.1) is 0 Å². The van der Waals surface area contributed by atoms with E-state index in [0.717, 1.165) is 33.4 Å². The monoisotopic (exact) mass is 1110 g/mol. The van der Waals surface area contributed by atoms with Crippen LogP contribution in [-0.2, 0) is 87.0 Å². The molecule has 82 heavy (non-hydrogen) atoms. The van der Waals surface area contributed by atoms with Crippen LogP contribution in [0.4, 0.5) is 0 Å². The third-order valence-corrected chi connectivity index (χ3v) is 14.4. The summed E-state index contributed by atoms with van der Waals surface area (Å²) in [6.45, 7) is 0.686. The molecule has 0 bridgehead atoms. The third-order valence-electron chi connectivity index (χ3n) is 14.4. The molecule has 22 nitrogen and oxygen atoms in total. The first-order chi connectivity index (χ1) is 40.5. The molecular weight excluding hydrogens is 1050 g/mol. The number of hydrogen-bond acceptors (Lipinski definition) is 14. The summed E-state index contributed by atoms with van der Waals surface area (Å²) in [5.41, 5.74) is 45.6. The predicted octanol–water partition coefficient (Wildman–Crippen LogP) is 12.5. The summed E-state index contributed by atoms with van der Waals surface area (Å²) in [6, 6.07) is 54.5. The molecule has 9 rings (SSSR count). The second-order valence-electron chi connectivity index (χ2n) is 19.9. The largest absolute Gasteiger partial charge is 0.374 e. The van der Waals surface area contributed by atoms with E-state index in [1.165, 1.54) is 0 Å². The molecule has 22 heteroatoms. The van der Waals surface area contributed by atoms with Gasteiger partial charge in [-0.05, 0) is 68.3 Å². The Hall–Kier alpha value is -7.84. The van der Waals surface area contributed by atoms with Crippen LogP contribution in [0, 0.1) is 0 Å². The molecule has 1 saturated carbocycles. The molecule has 2 saturated heterocycles. The van der Waals surface area contributed by atoms with Crippen molar-refractivity contribution in [3.8, 4) is 0 Å². The molecular formula is C60H64N12O10. The first-order valence-corrected chi connectivity index (χ1v) is 27.1. The van der Waals surface area contributed by atoms with Gasteiger partial charge in [-0.1, -0.05) is 202 Å². The maximum atomic E-state index is 10.2. The maximum Gasteiger partial charge on any atom is 0.187 e. The quantitative estimate of drug-likeness (QED) is 0.0254. The molecule has 0 N–H and O–H groups in total. The van der Waals surface area contributed by atoms with Gasteiger partial charge < -0.3 is 47.4 Å². The van der Waals surface area contributed by atoms with Gasteiger partial charge in [0.2, 0.25) is 0 Å². The zero-order valence-corrected chi connectivity index (χ0v) is 44.9. The fraction of sp³-hybridized carbons (Fsp3) is 0.400. The molecule has 0 aromatic heterocycles. The van der Waals surface area contributed by atoms with Crippen LogP contribution in [0.25, 0.3) is 41.8 Å². The fourth-order valence-corrected chi connectivity index (χ4v) is 10.3. The van der Waals surface area contributed by atoms with Crippen molar-refractivity contribution in [1.82, 2.24) is 0 Å². The van der Waals surface area contributed by atoms with E-state index in [9.17, 15) is 22.1 Å². The fourth-order valence-electron chi connectivity index (χ4n) is 10.3. The number of azide groups is 4. The second-order valence-corrected chi connectivity index (χ2v) is 19.9. The van der Waals surface area contributed by atoms with E-state index in [1.807, 2.05) is 182 Å². The van der Waals surface area contributed by atoms with Crippen molar-refractivity contribution in [3.63, 3.8) is 0 Å². The van der Waals surface area contributed by atoms with Gasteiger partial charge >= 0.3 is 0 Å². The van der Waals surface area contributed by atoms with Gasteiger partial charge in [-0.2, -0.15) is 0 Å². The zero-order valence-electron chi connectivity index (χ0n) is 44.9. The second kappa shape index (κ2) is 31.4. The Morgan fingerprint density at radius 2 is 0.732 bits per heavy atom. The van der Waals surface area contributed by atoms with Crippen molar-refractivity contribution < 1.29 is 47.4 Å². The van der Waals surface area contributed by atoms with Crippen LogP contribution in [0.5, 0.6) is 0 Å². The predicted molar refractivity (Wildman–Crippen MR) is 300 cm³/mol. The van der Waals surface area contributed by atoms with E-state index in [2.05, 4.69) is 40.1 Å². The lowest BCUT2D eigenvalue weighted by molar-refractivity contribution is -0.335. The van der Waals surface area contributed by atoms with Gasteiger partial charge in [0.1, 0.15) is 30.5 Å². The first-order valence-electron chi connectivity index (χ1n) is 27.1. The van der Waals surface area contributed by atoms with E-state index in [1.54, 1.807) is 0 Å². The Bertz CT molecular complexity index is 3050. The molecule has 0 radical (unpaired) electrons. The topological polar surface area (TPSA) is 287 Å². The van der Waals surface area contributed by atoms with Gasteiger partial charge in [0.15, 0.2) is 12.6 Å². The smallest absolute Gasteiger partial charge is 0.187 e. The van der Waals surface area contributed by atoms with Gasteiger partial charge in [0, 0.05) is 19.6 Å². The van der Waals surface area contributed by atoms with Crippen molar-refractivity contribution in [2.75, 3.05) is 13.2 Å². The highest BCUT2D eigenvalue weighted by molar-refractivity contribution is 5.18. The Kier molecular flexibility index (Phi) is 22.5. The van der Waals surface area contributed by atoms with E-state index in [0.29, 0.717) is 0 Å². The molecule has 6 aromatic rings. The molecule has 0 spiro atoms. The SMILES string of the molecule is [N-]=[N+]=NC[C@H]1O[C@H](O[C@H]2C[C@H](N=[N+]=[N-])[C@@H](O[C@@H]3O[C@H](COCc4ccccc4)[C@@H](OCc4ccccc4)[C@H](N=[N+]=[N-])[C@H]3OCc3ccccc3)C[C@@H]2N=[N+]=[N-])[C@H](OCc2ccccc2)[C@@H](OCc2ccccc2)[C@@H]1OCc1ccccc1. The molecule has 1 aliphatic carbocycles. The van der Waals surface area contributed by atoms with Crippen LogP contribution < -0.4 is 0 Å². The number of rotatable bonds is 28. The van der Waals surface area contributed by atoms with Gasteiger partial charge in [0.25, 0.3) is 0 Å². The van der Waals surface area contributed by atoms with Crippen LogP contribution in [0.2, 0.25) is 0 Å². The Morgan fingerprint density at radius 3 is 1.15 bits per heavy atom. The molecule has 3 fully saturated rings. The van der Waals surface area contributed by atoms with Crippen LogP contribution in [0.15, 0.2) is 202 Å². The lowest BCUT2D eigenvalue weighted by Gasteiger charge is -2.49. The molecule has 14 atom stereocenters. The molecule has 2 heterocycles. The summed E-state index contributed by atoms with van der Waals surface area (Å²) < 4.78 is 67.5. The highest BCUT2D eigenvalue weighted by Gasteiger charge is 2.53. The van der Waals surface area contributed by atoms with Crippen LogP contribution in [0.1, 0.15) is 46.2 Å². The van der Waals surface area contributed by atoms with Gasteiger partial charge in [-0.3, -0.25) is 0 Å². The summed E-state index contributed by atoms with van der Waals surface area (Å²) >= 11 is 0. The molecule has 3 aliphatic rings. The van der Waals surface area contributed by atoms with E-state index < -0.39 is 85.6 Å². The summed E-state index contributed by atoms with van der Waals surface area (Å²) in [6.07, 6.45) is -11.2. The third kappa shape index (κ3) is 16.6. The van der Waals surface area contributed by atoms with E-state index >= 15 is 0 Å². The van der Waals surface area contributed by atoms with Crippen molar-refractivity contribution in [2.45, 2.75) is 138 Å². The van der Waals surface area contributed by atoms with Crippen molar-refractivity contribution in [1.29, 1.82) is 0 Å². The minimum Gasteiger partial charge on any atom is -0.374 e. The normalized spacial score (nSPS) is 26.9. The van der Waals surface area contributed by atoms with Crippen molar-refractivity contribution in [2.24, 2.45) is 20.5 Å². The number of benzene rings is 6. The lowest BCUT2D eigenvalue weighted by Crippen LogP contribution is -2.63. The zero-order chi connectivity index (χ0) is 56.6. The van der Waals surface area contributed by atoms with Gasteiger partial charge in [0.05, 0.1) is 95.3 Å². The maximum absolute atomic E-state index is 10.2. The standard InChI is InChI=1S/C60H64N12O10/c61-69-65-33-51-55(75-36-43-23-11-3-12-24-43)57(77-38-45-27-15-5-16-28-45)58(78-39-46-29-17-6-18-30-46)60(81-51)80-50-32-47(66-70-62)49(31-48(50)67-71-63)79-59-56(76-37-44-25-13-4-14-26-44)53(68-72-64)54(74-35-42-21-9-2-10-22-42)52(82-59)40-73-34-41-19-7-1-8-20-41/h1-30,47-60H,31-40H2/t47-,48-,49-,50-,51+,52+,53-,54+,55+,56+,57-,58+,59+,60-/m0/s1. The Morgan fingerprint density at radius 1 is 0.378 bits per heavy atom.